The van der Waals surface area contributed by atoms with Gasteiger partial charge in [-0.15, -0.1) is 0 Å². The zero-order valence-corrected chi connectivity index (χ0v) is 11.8. The molecule has 4 N–H and O–H groups in total. The first kappa shape index (κ1) is 15.2. The van der Waals surface area contributed by atoms with Crippen molar-refractivity contribution < 1.29 is 19.5 Å². The van der Waals surface area contributed by atoms with Gasteiger partial charge in [0, 0.05) is 11.3 Å². The minimum Gasteiger partial charge on any atom is -0.474 e. The van der Waals surface area contributed by atoms with E-state index in [9.17, 15) is 19.2 Å². The van der Waals surface area contributed by atoms with Crippen LogP contribution in [0.25, 0.3) is 5.65 Å². The van der Waals surface area contributed by atoms with Crippen molar-refractivity contribution in [1.29, 1.82) is 0 Å². The summed E-state index contributed by atoms with van der Waals surface area (Å²) in [5, 5.41) is 12.2. The number of carboxylic acid groups (broad SMARTS) is 1. The van der Waals surface area contributed by atoms with E-state index in [0.717, 1.165) is 10.7 Å². The largest absolute Gasteiger partial charge is 0.474 e. The molecule has 0 spiro atoms. The Morgan fingerprint density at radius 2 is 2.05 bits per heavy atom. The highest BCUT2D eigenvalue weighted by atomic mass is 16.4. The number of carbonyl (C=O) groups excluding carboxylic acids is 2. The van der Waals surface area contributed by atoms with Crippen molar-refractivity contribution in [1.82, 2.24) is 25.4 Å². The third-order valence-corrected chi connectivity index (χ3v) is 3.06. The van der Waals surface area contributed by atoms with Gasteiger partial charge in [-0.05, 0) is 13.3 Å². The summed E-state index contributed by atoms with van der Waals surface area (Å²) in [4.78, 5) is 48.2. The van der Waals surface area contributed by atoms with Crippen molar-refractivity contribution in [3.8, 4) is 0 Å². The van der Waals surface area contributed by atoms with Crippen LogP contribution >= 0.6 is 0 Å². The van der Waals surface area contributed by atoms with E-state index >= 15 is 0 Å². The van der Waals surface area contributed by atoms with E-state index in [-0.39, 0.29) is 16.8 Å². The SMILES string of the molecule is CCc1c(C)[nH]c2c(C(=O)NNC(=O)C(=O)O)cnn2c1=O. The first-order chi connectivity index (χ1) is 10.4. The van der Waals surface area contributed by atoms with Crippen molar-refractivity contribution in [2.24, 2.45) is 0 Å². The number of amides is 2. The molecule has 2 heterocycles. The summed E-state index contributed by atoms with van der Waals surface area (Å²) < 4.78 is 1.04. The Kier molecular flexibility index (Phi) is 3.93. The number of aromatic amines is 1. The van der Waals surface area contributed by atoms with Crippen LogP contribution in [0.2, 0.25) is 0 Å². The summed E-state index contributed by atoms with van der Waals surface area (Å²) in [5.41, 5.74) is 4.60. The molecule has 2 amide bonds. The van der Waals surface area contributed by atoms with Crippen LogP contribution in [0.4, 0.5) is 0 Å². The van der Waals surface area contributed by atoms with Gasteiger partial charge in [0.2, 0.25) is 0 Å². The second-order valence-corrected chi connectivity index (χ2v) is 4.42. The number of fused-ring (bicyclic) bond motifs is 1. The molecule has 0 fully saturated rings. The molecule has 0 bridgehead atoms. The van der Waals surface area contributed by atoms with Gasteiger partial charge in [0.15, 0.2) is 0 Å². The Bertz CT molecular complexity index is 834. The monoisotopic (exact) mass is 307 g/mol. The number of aromatic nitrogens is 3. The van der Waals surface area contributed by atoms with E-state index in [4.69, 9.17) is 5.11 Å². The molecule has 0 aliphatic heterocycles. The molecule has 0 saturated carbocycles. The molecule has 0 unspecified atom stereocenters. The smallest absolute Gasteiger partial charge is 0.396 e. The number of nitrogens with one attached hydrogen (secondary N) is 3. The number of carbonyl (C=O) groups is 3. The van der Waals surface area contributed by atoms with Crippen LogP contribution in [-0.4, -0.2) is 37.5 Å². The average Bonchev–Trinajstić information content (AvgIpc) is 2.88. The molecule has 116 valence electrons. The Balaban J connectivity index is 2.37. The van der Waals surface area contributed by atoms with Crippen LogP contribution in [-0.2, 0) is 16.0 Å². The summed E-state index contributed by atoms with van der Waals surface area (Å²) in [7, 11) is 0. The van der Waals surface area contributed by atoms with E-state index in [0.29, 0.717) is 17.7 Å². The van der Waals surface area contributed by atoms with Crippen LogP contribution in [0.15, 0.2) is 11.0 Å². The van der Waals surface area contributed by atoms with Crippen molar-refractivity contribution in [3.05, 3.63) is 33.4 Å². The molecule has 10 heteroatoms. The number of H-pyrrole nitrogens is 1. The molecule has 2 aromatic heterocycles. The van der Waals surface area contributed by atoms with Crippen LogP contribution in [0.5, 0.6) is 0 Å². The Morgan fingerprint density at radius 3 is 2.64 bits per heavy atom. The van der Waals surface area contributed by atoms with Crippen molar-refractivity contribution >= 4 is 23.4 Å². The Hall–Kier alpha value is -3.17. The highest BCUT2D eigenvalue weighted by molar-refractivity contribution is 6.31. The molecule has 2 rings (SSSR count). The van der Waals surface area contributed by atoms with E-state index in [2.05, 4.69) is 10.1 Å². The number of aryl methyl sites for hydroxylation is 1. The second kappa shape index (κ2) is 5.68. The van der Waals surface area contributed by atoms with Gasteiger partial charge in [-0.2, -0.15) is 9.61 Å². The predicted molar refractivity (Wildman–Crippen MR) is 73.2 cm³/mol. The van der Waals surface area contributed by atoms with Crippen LogP contribution in [0.1, 0.15) is 28.5 Å². The molecule has 2 aromatic rings. The second-order valence-electron chi connectivity index (χ2n) is 4.42. The van der Waals surface area contributed by atoms with E-state index in [1.165, 1.54) is 0 Å². The number of hydrogen-bond acceptors (Lipinski definition) is 5. The summed E-state index contributed by atoms with van der Waals surface area (Å²) in [6.07, 6.45) is 1.65. The minimum absolute atomic E-state index is 0.00598. The fourth-order valence-electron chi connectivity index (χ4n) is 1.98. The van der Waals surface area contributed by atoms with Gasteiger partial charge < -0.3 is 10.1 Å². The maximum Gasteiger partial charge on any atom is 0.396 e. The standard InChI is InChI=1S/C12H13N5O5/c1-3-6-5(2)14-8-7(4-13-17(8)11(6)20)9(18)15-16-10(19)12(21)22/h4,14H,3H2,1-2H3,(H,15,18)(H,16,19)(H,21,22). The number of nitrogens with zero attached hydrogens (tertiary/aromatic N) is 2. The lowest BCUT2D eigenvalue weighted by Gasteiger charge is -2.06. The summed E-state index contributed by atoms with van der Waals surface area (Å²) in [6.45, 7) is 3.52. The average molecular weight is 307 g/mol. The lowest BCUT2D eigenvalue weighted by Crippen LogP contribution is -2.44. The molecule has 10 nitrogen and oxygen atoms in total. The van der Waals surface area contributed by atoms with Gasteiger partial charge >= 0.3 is 11.9 Å². The van der Waals surface area contributed by atoms with Crippen molar-refractivity contribution in [2.45, 2.75) is 20.3 Å². The van der Waals surface area contributed by atoms with Crippen LogP contribution < -0.4 is 16.4 Å². The quantitative estimate of drug-likeness (QED) is 0.402. The molecule has 0 saturated heterocycles. The van der Waals surface area contributed by atoms with Crippen LogP contribution in [0, 0.1) is 6.92 Å². The predicted octanol–water partition coefficient (Wildman–Crippen LogP) is -1.26. The van der Waals surface area contributed by atoms with Gasteiger partial charge in [0.25, 0.3) is 11.5 Å². The van der Waals surface area contributed by atoms with E-state index < -0.39 is 17.8 Å². The Labute approximate surface area is 123 Å². The summed E-state index contributed by atoms with van der Waals surface area (Å²) >= 11 is 0. The maximum atomic E-state index is 12.2. The zero-order valence-electron chi connectivity index (χ0n) is 11.8. The first-order valence-corrected chi connectivity index (χ1v) is 6.29. The Morgan fingerprint density at radius 1 is 1.36 bits per heavy atom. The van der Waals surface area contributed by atoms with Crippen molar-refractivity contribution in [2.75, 3.05) is 0 Å². The molecule has 0 atom stereocenters. The van der Waals surface area contributed by atoms with E-state index in [1.807, 2.05) is 12.3 Å². The van der Waals surface area contributed by atoms with Gasteiger partial charge in [-0.1, -0.05) is 6.92 Å². The zero-order chi connectivity index (χ0) is 16.4. The fraction of sp³-hybridized carbons (Fsp3) is 0.250. The normalized spacial score (nSPS) is 10.5. The number of carboxylic acids is 1. The summed E-state index contributed by atoms with van der Waals surface area (Å²) in [5.74, 6) is -3.93. The molecule has 0 aliphatic rings. The molecular weight excluding hydrogens is 294 g/mol. The number of hydrazine groups is 1. The third-order valence-electron chi connectivity index (χ3n) is 3.06. The molecule has 0 radical (unpaired) electrons. The number of aliphatic carboxylic acids is 1. The van der Waals surface area contributed by atoms with Gasteiger partial charge in [-0.25, -0.2) is 4.79 Å². The highest BCUT2D eigenvalue weighted by Crippen LogP contribution is 2.09. The lowest BCUT2D eigenvalue weighted by molar-refractivity contribution is -0.150. The molecular formula is C12H13N5O5. The topological polar surface area (TPSA) is 146 Å². The molecule has 0 aliphatic carbocycles. The first-order valence-electron chi connectivity index (χ1n) is 6.29. The summed E-state index contributed by atoms with van der Waals surface area (Å²) in [6, 6.07) is 0. The van der Waals surface area contributed by atoms with Gasteiger partial charge in [0.1, 0.15) is 11.2 Å². The maximum absolute atomic E-state index is 12.2. The molecule has 0 aromatic carbocycles. The lowest BCUT2D eigenvalue weighted by atomic mass is 10.2. The third kappa shape index (κ3) is 2.53. The minimum atomic E-state index is -1.74. The number of rotatable bonds is 2. The highest BCUT2D eigenvalue weighted by Gasteiger charge is 2.19. The fourth-order valence-corrected chi connectivity index (χ4v) is 1.98. The van der Waals surface area contributed by atoms with Gasteiger partial charge in [-0.3, -0.25) is 25.2 Å². The van der Waals surface area contributed by atoms with Crippen LogP contribution in [0.3, 0.4) is 0 Å². The van der Waals surface area contributed by atoms with E-state index in [1.54, 1.807) is 12.3 Å². The molecule has 22 heavy (non-hydrogen) atoms. The van der Waals surface area contributed by atoms with Gasteiger partial charge in [0.05, 0.1) is 6.20 Å². The number of hydrogen-bond donors (Lipinski definition) is 4. The van der Waals surface area contributed by atoms with Crippen molar-refractivity contribution in [3.63, 3.8) is 0 Å².